The molecule has 19 heavy (non-hydrogen) atoms. The summed E-state index contributed by atoms with van der Waals surface area (Å²) in [6.07, 6.45) is -1.11. The van der Waals surface area contributed by atoms with E-state index in [1.807, 2.05) is 0 Å². The summed E-state index contributed by atoms with van der Waals surface area (Å²) >= 11 is -2.97. The van der Waals surface area contributed by atoms with Crippen molar-refractivity contribution in [1.29, 1.82) is 0 Å². The Morgan fingerprint density at radius 1 is 1.63 bits per heavy atom. The van der Waals surface area contributed by atoms with E-state index >= 15 is 0 Å². The molecule has 1 saturated heterocycles. The van der Waals surface area contributed by atoms with Gasteiger partial charge >= 0.3 is 135 Å². The zero-order valence-corrected chi connectivity index (χ0v) is 13.8. The molecule has 8 nitrogen and oxygen atoms in total. The Bertz CT molecular complexity index is 524. The minimum atomic E-state index is -2.97. The van der Waals surface area contributed by atoms with Crippen LogP contribution in [0.2, 0.25) is 5.32 Å². The fraction of sp³-hybridized carbons (Fsp3) is 0.556. The minimum absolute atomic E-state index is 0. The van der Waals surface area contributed by atoms with Crippen molar-refractivity contribution < 1.29 is 52.5 Å². The van der Waals surface area contributed by atoms with E-state index in [1.165, 1.54) is 6.20 Å². The van der Waals surface area contributed by atoms with Gasteiger partial charge in [-0.05, 0) is 0 Å². The molecule has 0 radical (unpaired) electrons. The van der Waals surface area contributed by atoms with Gasteiger partial charge in [0.1, 0.15) is 0 Å². The summed E-state index contributed by atoms with van der Waals surface area (Å²) in [5.41, 5.74) is -0.765. The number of aromatic nitrogens is 2. The van der Waals surface area contributed by atoms with Crippen LogP contribution in [-0.2, 0) is 8.57 Å². The molecule has 1 fully saturated rings. The average Bonchev–Trinajstić information content (AvgIpc) is 2.59. The third-order valence-electron chi connectivity index (χ3n) is 2.63. The summed E-state index contributed by atoms with van der Waals surface area (Å²) in [6, 6.07) is 1.11. The van der Waals surface area contributed by atoms with Crippen molar-refractivity contribution in [3.8, 4) is 5.88 Å². The molecular weight excluding hydrogens is 334 g/mol. The molecule has 1 aromatic heterocycles. The summed E-state index contributed by atoms with van der Waals surface area (Å²) in [5.74, 6) is -0.645. The summed E-state index contributed by atoms with van der Waals surface area (Å²) in [6.45, 7) is 0. The molecule has 0 bridgehead atoms. The molecule has 2 rings (SSSR count). The van der Waals surface area contributed by atoms with Crippen molar-refractivity contribution in [2.45, 2.75) is 30.2 Å². The predicted molar refractivity (Wildman–Crippen MR) is 55.9 cm³/mol. The standard InChI is InChI=1S/C9H12N2O6Se.Na/c12-5-3-8(17-6(5)4-18(15)16)11-2-1-7(13)10-9(11)14;/h1-2,5-6,8,12H,3-4H2,(H,15,16)(H,10,13,14);/q;+1/p-1/t5-,6+,8+;/m0./s1. The molecule has 1 aliphatic rings. The van der Waals surface area contributed by atoms with E-state index in [4.69, 9.17) is 8.93 Å². The summed E-state index contributed by atoms with van der Waals surface area (Å²) in [4.78, 5) is 14.7. The van der Waals surface area contributed by atoms with Crippen molar-refractivity contribution in [1.82, 2.24) is 9.55 Å². The molecule has 1 aromatic rings. The van der Waals surface area contributed by atoms with Crippen LogP contribution in [0.5, 0.6) is 5.88 Å². The molecule has 0 amide bonds. The number of ether oxygens (including phenoxy) is 1. The van der Waals surface area contributed by atoms with Gasteiger partial charge in [-0.1, -0.05) is 0 Å². The first kappa shape index (κ1) is 16.9. The van der Waals surface area contributed by atoms with Gasteiger partial charge in [0.15, 0.2) is 0 Å². The molecule has 0 aromatic carbocycles. The van der Waals surface area contributed by atoms with Gasteiger partial charge < -0.3 is 0 Å². The smallest absolute Gasteiger partial charge is 1.00 e. The molecule has 10 heteroatoms. The van der Waals surface area contributed by atoms with Crippen LogP contribution in [0.25, 0.3) is 0 Å². The average molecular weight is 345 g/mol. The predicted octanol–water partition coefficient (Wildman–Crippen LogP) is -5.12. The van der Waals surface area contributed by atoms with Gasteiger partial charge in [-0.15, -0.1) is 0 Å². The van der Waals surface area contributed by atoms with E-state index in [-0.39, 0.29) is 41.3 Å². The van der Waals surface area contributed by atoms with E-state index < -0.39 is 44.2 Å². The number of aliphatic hydroxyl groups is 1. The second-order valence-corrected chi connectivity index (χ2v) is 5.92. The van der Waals surface area contributed by atoms with Crippen LogP contribution in [0.15, 0.2) is 17.1 Å². The summed E-state index contributed by atoms with van der Waals surface area (Å²) < 4.78 is 26.0. The Morgan fingerprint density at radius 2 is 2.32 bits per heavy atom. The second-order valence-electron chi connectivity index (χ2n) is 3.88. The van der Waals surface area contributed by atoms with Gasteiger partial charge in [0, 0.05) is 0 Å². The Morgan fingerprint density at radius 3 is 2.89 bits per heavy atom. The Labute approximate surface area is 134 Å². The monoisotopic (exact) mass is 346 g/mol. The zero-order chi connectivity index (χ0) is 13.3. The van der Waals surface area contributed by atoms with E-state index in [2.05, 4.69) is 4.98 Å². The SMILES string of the molecule is O=c1nc([O-])ccn1[C@H]1C[C@H](O)[C@@H](C[Se](=O)O)O1.[Na+]. The first-order valence-corrected chi connectivity index (χ1v) is 7.82. The molecule has 100 valence electrons. The molecule has 0 spiro atoms. The number of hydrogen-bond acceptors (Lipinski definition) is 6. The largest absolute Gasteiger partial charge is 1.00 e. The van der Waals surface area contributed by atoms with Crippen LogP contribution in [0, 0.1) is 0 Å². The van der Waals surface area contributed by atoms with Crippen LogP contribution in [0.1, 0.15) is 12.6 Å². The maximum absolute atomic E-state index is 11.4. The van der Waals surface area contributed by atoms with Gasteiger partial charge in [-0.3, -0.25) is 0 Å². The second kappa shape index (κ2) is 7.05. The summed E-state index contributed by atoms with van der Waals surface area (Å²) in [7, 11) is 0. The molecule has 1 aliphatic heterocycles. The van der Waals surface area contributed by atoms with Crippen LogP contribution in [-0.4, -0.2) is 45.2 Å². The normalized spacial score (nSPS) is 27.8. The molecule has 1 unspecified atom stereocenters. The van der Waals surface area contributed by atoms with Gasteiger partial charge in [-0.25, -0.2) is 0 Å². The zero-order valence-electron chi connectivity index (χ0n) is 10.1. The van der Waals surface area contributed by atoms with E-state index in [9.17, 15) is 18.8 Å². The number of aliphatic hydroxyl groups excluding tert-OH is 1. The number of hydrogen-bond donors (Lipinski definition) is 2. The first-order valence-electron chi connectivity index (χ1n) is 5.14. The van der Waals surface area contributed by atoms with Crippen molar-refractivity contribution >= 4 is 14.2 Å². The number of rotatable bonds is 3. The first-order chi connectivity index (χ1) is 8.47. The van der Waals surface area contributed by atoms with Crippen LogP contribution in [0.4, 0.5) is 0 Å². The molecule has 0 saturated carbocycles. The molecular formula is C9H11N2NaO6Se. The third-order valence-corrected chi connectivity index (χ3v) is 3.91. The van der Waals surface area contributed by atoms with E-state index in [0.717, 1.165) is 10.6 Å². The summed E-state index contributed by atoms with van der Waals surface area (Å²) in [5, 5.41) is 20.4. The van der Waals surface area contributed by atoms with Crippen LogP contribution in [0.3, 0.4) is 0 Å². The Hall–Kier alpha value is -0.121. The maximum atomic E-state index is 11.4. The van der Waals surface area contributed by atoms with Crippen molar-refractivity contribution in [2.75, 3.05) is 0 Å². The molecule has 4 atom stereocenters. The third kappa shape index (κ3) is 4.17. The van der Waals surface area contributed by atoms with Crippen molar-refractivity contribution in [2.24, 2.45) is 0 Å². The fourth-order valence-corrected chi connectivity index (χ4v) is 3.01. The quantitative estimate of drug-likeness (QED) is 0.525. The van der Waals surface area contributed by atoms with Crippen molar-refractivity contribution in [3.05, 3.63) is 22.7 Å². The molecule has 2 heterocycles. The van der Waals surface area contributed by atoms with Crippen LogP contribution >= 0.6 is 0 Å². The maximum Gasteiger partial charge on any atom is 1.00 e. The van der Waals surface area contributed by atoms with Gasteiger partial charge in [-0.2, -0.15) is 0 Å². The van der Waals surface area contributed by atoms with E-state index in [0.29, 0.717) is 0 Å². The topological polar surface area (TPSA) is 125 Å². The van der Waals surface area contributed by atoms with Gasteiger partial charge in [0.2, 0.25) is 0 Å². The van der Waals surface area contributed by atoms with Gasteiger partial charge in [0.05, 0.1) is 0 Å². The Kier molecular flexibility index (Phi) is 6.28. The molecule has 0 aliphatic carbocycles. The molecule has 2 N–H and O–H groups in total. The van der Waals surface area contributed by atoms with Gasteiger partial charge in [0.25, 0.3) is 0 Å². The van der Waals surface area contributed by atoms with E-state index in [1.54, 1.807) is 0 Å². The van der Waals surface area contributed by atoms with Crippen LogP contribution < -0.4 is 40.4 Å². The Balaban J connectivity index is 0.00000180. The number of nitrogens with zero attached hydrogens (tertiary/aromatic N) is 2. The minimum Gasteiger partial charge on any atom is 1.00 e. The fourth-order valence-electron chi connectivity index (χ4n) is 1.79. The van der Waals surface area contributed by atoms with Crippen molar-refractivity contribution in [3.63, 3.8) is 0 Å².